The van der Waals surface area contributed by atoms with E-state index in [0.29, 0.717) is 12.0 Å². The van der Waals surface area contributed by atoms with Gasteiger partial charge in [0.1, 0.15) is 0 Å². The Hall–Kier alpha value is -1.84. The highest BCUT2D eigenvalue weighted by Crippen LogP contribution is 2.65. The van der Waals surface area contributed by atoms with Gasteiger partial charge >= 0.3 is 6.03 Å². The minimum absolute atomic E-state index is 0.00834. The van der Waals surface area contributed by atoms with E-state index in [1.54, 1.807) is 5.01 Å². The third-order valence-corrected chi connectivity index (χ3v) is 8.57. The van der Waals surface area contributed by atoms with Crippen LogP contribution in [-0.4, -0.2) is 29.3 Å². The zero-order chi connectivity index (χ0) is 20.6. The van der Waals surface area contributed by atoms with E-state index in [0.717, 1.165) is 25.2 Å². The number of rotatable bonds is 6. The molecule has 158 valence electrons. The summed E-state index contributed by atoms with van der Waals surface area (Å²) in [5, 5.41) is 9.92. The van der Waals surface area contributed by atoms with Crippen LogP contribution in [0.2, 0.25) is 0 Å². The molecule has 29 heavy (non-hydrogen) atoms. The Morgan fingerprint density at radius 1 is 1.21 bits per heavy atom. The molecule has 2 saturated carbocycles. The number of carbonyl (C=O) groups is 1. The number of unbranched alkanes of at least 4 members (excludes halogenated alkanes) is 2. The molecule has 0 saturated heterocycles. The van der Waals surface area contributed by atoms with Gasteiger partial charge in [-0.3, -0.25) is 0 Å². The number of fused-ring (bicyclic) bond motifs is 2. The largest absolute Gasteiger partial charge is 0.338 e. The van der Waals surface area contributed by atoms with Crippen molar-refractivity contribution in [2.75, 3.05) is 6.54 Å². The van der Waals surface area contributed by atoms with Crippen LogP contribution in [-0.2, 0) is 0 Å². The van der Waals surface area contributed by atoms with Crippen molar-refractivity contribution in [1.82, 2.24) is 10.3 Å². The lowest BCUT2D eigenvalue weighted by molar-refractivity contribution is 0.118. The molecule has 1 heterocycles. The van der Waals surface area contributed by atoms with E-state index >= 15 is 0 Å². The van der Waals surface area contributed by atoms with Crippen LogP contribution in [0.15, 0.2) is 35.4 Å². The predicted octanol–water partition coefficient (Wildman–Crippen LogP) is 5.95. The number of nitrogens with one attached hydrogen (secondary N) is 1. The van der Waals surface area contributed by atoms with E-state index in [1.165, 1.54) is 37.0 Å². The van der Waals surface area contributed by atoms with Crippen molar-refractivity contribution in [2.45, 2.75) is 84.6 Å². The highest BCUT2D eigenvalue weighted by atomic mass is 16.2. The van der Waals surface area contributed by atoms with E-state index < -0.39 is 0 Å². The third-order valence-electron chi connectivity index (χ3n) is 8.57. The maximum absolute atomic E-state index is 13.2. The van der Waals surface area contributed by atoms with Crippen molar-refractivity contribution in [3.8, 4) is 0 Å². The van der Waals surface area contributed by atoms with Crippen molar-refractivity contribution >= 4 is 11.7 Å². The van der Waals surface area contributed by atoms with Crippen LogP contribution in [0.25, 0.3) is 0 Å². The fourth-order valence-electron chi connectivity index (χ4n) is 6.08. The molecule has 1 aromatic rings. The molecule has 1 N–H and O–H groups in total. The molecule has 1 aromatic carbocycles. The molecular formula is C25H37N3O. The quantitative estimate of drug-likeness (QED) is 0.595. The van der Waals surface area contributed by atoms with Gasteiger partial charge in [-0.05, 0) is 54.4 Å². The number of urea groups is 1. The topological polar surface area (TPSA) is 44.7 Å². The Kier molecular flexibility index (Phi) is 5.48. The average Bonchev–Trinajstić information content (AvgIpc) is 3.29. The standard InChI is InChI=1S/C25H37N3O/c1-5-6-8-13-21-20(18-11-9-7-10-12-18)17-28(27-21)23(29)26-22-16-19-14-15-25(22,4)24(19,2)3/h7,9-12,19-20,22H,5-6,8,13-17H2,1-4H3,(H,26,29)/t19-,20?,22+,25+/m1/s1. The molecule has 0 spiro atoms. The third kappa shape index (κ3) is 3.49. The van der Waals surface area contributed by atoms with Crippen LogP contribution >= 0.6 is 0 Å². The molecular weight excluding hydrogens is 358 g/mol. The van der Waals surface area contributed by atoms with Gasteiger partial charge in [0, 0.05) is 17.7 Å². The van der Waals surface area contributed by atoms with Gasteiger partial charge in [-0.15, -0.1) is 0 Å². The van der Waals surface area contributed by atoms with E-state index in [-0.39, 0.29) is 23.4 Å². The van der Waals surface area contributed by atoms with Gasteiger partial charge in [-0.2, -0.15) is 5.10 Å². The Bertz CT molecular complexity index is 772. The summed E-state index contributed by atoms with van der Waals surface area (Å²) in [4.78, 5) is 13.2. The lowest BCUT2D eigenvalue weighted by Gasteiger charge is -2.39. The van der Waals surface area contributed by atoms with E-state index in [9.17, 15) is 4.79 Å². The molecule has 4 rings (SSSR count). The van der Waals surface area contributed by atoms with Crippen LogP contribution in [0, 0.1) is 16.7 Å². The monoisotopic (exact) mass is 395 g/mol. The van der Waals surface area contributed by atoms with Crippen molar-refractivity contribution in [3.05, 3.63) is 35.9 Å². The van der Waals surface area contributed by atoms with E-state index in [1.807, 2.05) is 0 Å². The molecule has 0 radical (unpaired) electrons. The molecule has 2 amide bonds. The second-order valence-electron chi connectivity index (χ2n) is 10.2. The lowest BCUT2D eigenvalue weighted by Crippen LogP contribution is -2.50. The SMILES string of the molecule is CCCCCC1=NN(C(=O)N[C@H]2C[C@H]3CC[C@]2(C)C3(C)C)CC1c1ccccc1. The number of hydrazone groups is 1. The molecule has 1 aliphatic heterocycles. The molecule has 1 unspecified atom stereocenters. The molecule has 2 fully saturated rings. The van der Waals surface area contributed by atoms with Crippen LogP contribution < -0.4 is 5.32 Å². The van der Waals surface area contributed by atoms with Crippen LogP contribution in [0.4, 0.5) is 4.79 Å². The smallest absolute Gasteiger partial charge is 0.333 e. The summed E-state index contributed by atoms with van der Waals surface area (Å²) in [6.07, 6.45) is 8.16. The van der Waals surface area contributed by atoms with Crippen LogP contribution in [0.5, 0.6) is 0 Å². The zero-order valence-electron chi connectivity index (χ0n) is 18.6. The Labute approximate surface area is 176 Å². The Morgan fingerprint density at radius 2 is 1.97 bits per heavy atom. The highest BCUT2D eigenvalue weighted by molar-refractivity contribution is 5.94. The van der Waals surface area contributed by atoms with Crippen LogP contribution in [0.3, 0.4) is 0 Å². The van der Waals surface area contributed by atoms with Gasteiger partial charge in [-0.25, -0.2) is 9.80 Å². The number of carbonyl (C=O) groups excluding carboxylic acids is 1. The highest BCUT2D eigenvalue weighted by Gasteiger charge is 2.61. The van der Waals surface area contributed by atoms with Crippen molar-refractivity contribution in [1.29, 1.82) is 0 Å². The minimum Gasteiger partial charge on any atom is -0.333 e. The molecule has 2 bridgehead atoms. The number of nitrogens with zero attached hydrogens (tertiary/aromatic N) is 2. The second kappa shape index (κ2) is 7.77. The Balaban J connectivity index is 1.47. The summed E-state index contributed by atoms with van der Waals surface area (Å²) in [5.41, 5.74) is 2.93. The summed E-state index contributed by atoms with van der Waals surface area (Å²) in [7, 11) is 0. The van der Waals surface area contributed by atoms with Gasteiger partial charge in [0.15, 0.2) is 0 Å². The summed E-state index contributed by atoms with van der Waals surface area (Å²) in [6, 6.07) is 10.8. The normalized spacial score (nSPS) is 32.5. The molecule has 0 aromatic heterocycles. The first kappa shape index (κ1) is 20.4. The van der Waals surface area contributed by atoms with Crippen molar-refractivity contribution in [2.24, 2.45) is 21.8 Å². The van der Waals surface area contributed by atoms with E-state index in [2.05, 4.69) is 63.3 Å². The van der Waals surface area contributed by atoms with Gasteiger partial charge in [0.05, 0.1) is 6.54 Å². The van der Waals surface area contributed by atoms with Gasteiger partial charge < -0.3 is 5.32 Å². The van der Waals surface area contributed by atoms with Crippen LogP contribution in [0.1, 0.15) is 84.1 Å². The first-order valence-corrected chi connectivity index (χ1v) is 11.6. The lowest BCUT2D eigenvalue weighted by atomic mass is 9.69. The molecule has 4 heteroatoms. The molecule has 3 aliphatic rings. The number of amides is 2. The maximum atomic E-state index is 13.2. The van der Waals surface area contributed by atoms with E-state index in [4.69, 9.17) is 5.10 Å². The fourth-order valence-corrected chi connectivity index (χ4v) is 6.08. The summed E-state index contributed by atoms with van der Waals surface area (Å²) >= 11 is 0. The first-order valence-electron chi connectivity index (χ1n) is 11.6. The minimum atomic E-state index is -0.00834. The van der Waals surface area contributed by atoms with Gasteiger partial charge in [0.25, 0.3) is 0 Å². The molecule has 2 aliphatic carbocycles. The maximum Gasteiger partial charge on any atom is 0.338 e. The Morgan fingerprint density at radius 3 is 2.59 bits per heavy atom. The average molecular weight is 396 g/mol. The fraction of sp³-hybridized carbons (Fsp3) is 0.680. The number of hydrogen-bond acceptors (Lipinski definition) is 2. The number of benzene rings is 1. The van der Waals surface area contributed by atoms with Gasteiger partial charge in [-0.1, -0.05) is 70.9 Å². The zero-order valence-corrected chi connectivity index (χ0v) is 18.6. The molecule has 4 atom stereocenters. The molecule has 4 nitrogen and oxygen atoms in total. The summed E-state index contributed by atoms with van der Waals surface area (Å²) < 4.78 is 0. The van der Waals surface area contributed by atoms with Crippen molar-refractivity contribution < 1.29 is 4.79 Å². The van der Waals surface area contributed by atoms with Gasteiger partial charge in [0.2, 0.25) is 0 Å². The van der Waals surface area contributed by atoms with Crippen molar-refractivity contribution in [3.63, 3.8) is 0 Å². The second-order valence-corrected chi connectivity index (χ2v) is 10.2. The predicted molar refractivity (Wildman–Crippen MR) is 119 cm³/mol. The first-order chi connectivity index (χ1) is 13.9. The summed E-state index contributed by atoms with van der Waals surface area (Å²) in [6.45, 7) is 10.0. The number of hydrogen-bond donors (Lipinski definition) is 1. The summed E-state index contributed by atoms with van der Waals surface area (Å²) in [5.74, 6) is 0.951.